The monoisotopic (exact) mass is 313 g/mol. The molecule has 0 aliphatic rings. The summed E-state index contributed by atoms with van der Waals surface area (Å²) in [4.78, 5) is 15.7. The number of nitrogens with two attached hydrogens (primary N) is 2. The average molecular weight is 313 g/mol. The van der Waals surface area contributed by atoms with E-state index in [-0.39, 0.29) is 17.3 Å². The highest BCUT2D eigenvalue weighted by molar-refractivity contribution is 5.73. The molecule has 0 aliphatic carbocycles. The van der Waals surface area contributed by atoms with Gasteiger partial charge in [0.1, 0.15) is 23.8 Å². The van der Waals surface area contributed by atoms with Gasteiger partial charge in [-0.2, -0.15) is 10.2 Å². The van der Waals surface area contributed by atoms with E-state index >= 15 is 0 Å². The minimum absolute atomic E-state index is 0.0226. The van der Waals surface area contributed by atoms with Gasteiger partial charge in [0.25, 0.3) is 0 Å². The molecular weight excluding hydrogens is 302 g/mol. The summed E-state index contributed by atoms with van der Waals surface area (Å²) in [5.74, 6) is 6.07. The number of hydrogen-bond donors (Lipinski definition) is 2. The number of nitrogens with zero attached hydrogens (tertiary/aromatic N) is 5. The molecule has 114 valence electrons. The number of hydrogen-bond acceptors (Lipinski definition) is 7. The Morgan fingerprint density at radius 2 is 1.54 bits per heavy atom. The molecule has 7 heteroatoms. The van der Waals surface area contributed by atoms with Crippen molar-refractivity contribution in [2.75, 3.05) is 11.5 Å². The van der Waals surface area contributed by atoms with Crippen LogP contribution < -0.4 is 11.5 Å². The van der Waals surface area contributed by atoms with E-state index in [0.717, 1.165) is 11.1 Å². The molecule has 24 heavy (non-hydrogen) atoms. The fraction of sp³-hybridized carbons (Fsp3) is 0. The Labute approximate surface area is 138 Å². The van der Waals surface area contributed by atoms with Crippen molar-refractivity contribution in [1.82, 2.24) is 19.9 Å². The lowest BCUT2D eigenvalue weighted by Crippen LogP contribution is -2.04. The van der Waals surface area contributed by atoms with Gasteiger partial charge in [0.05, 0.1) is 11.3 Å². The minimum atomic E-state index is 0.0226. The highest BCUT2D eigenvalue weighted by Crippen LogP contribution is 2.25. The van der Waals surface area contributed by atoms with Crippen LogP contribution in [0.1, 0.15) is 16.7 Å². The van der Waals surface area contributed by atoms with Crippen molar-refractivity contribution in [2.45, 2.75) is 0 Å². The number of anilines is 2. The third-order valence-electron chi connectivity index (χ3n) is 3.14. The van der Waals surface area contributed by atoms with Crippen LogP contribution in [0, 0.1) is 23.2 Å². The van der Waals surface area contributed by atoms with Crippen molar-refractivity contribution in [3.8, 4) is 29.2 Å². The van der Waals surface area contributed by atoms with E-state index in [1.807, 2.05) is 18.2 Å². The SMILES string of the molecule is N#Cc1c(N)nc(N)nc1-c1ccc(C#Cc2cncnc2)cc1. The minimum Gasteiger partial charge on any atom is -0.382 e. The average Bonchev–Trinajstić information content (AvgIpc) is 2.61. The third-order valence-corrected chi connectivity index (χ3v) is 3.14. The smallest absolute Gasteiger partial charge is 0.222 e. The molecule has 0 spiro atoms. The molecule has 0 fully saturated rings. The second-order valence-electron chi connectivity index (χ2n) is 4.76. The summed E-state index contributed by atoms with van der Waals surface area (Å²) in [5, 5.41) is 9.23. The number of rotatable bonds is 1. The Bertz CT molecular complexity index is 978. The molecule has 7 nitrogen and oxygen atoms in total. The maximum atomic E-state index is 9.23. The van der Waals surface area contributed by atoms with Crippen molar-refractivity contribution in [3.63, 3.8) is 0 Å². The molecule has 0 amide bonds. The summed E-state index contributed by atoms with van der Waals surface area (Å²) in [6, 6.07) is 9.24. The van der Waals surface area contributed by atoms with E-state index in [4.69, 9.17) is 11.5 Å². The summed E-state index contributed by atoms with van der Waals surface area (Å²) < 4.78 is 0. The molecule has 0 unspecified atom stereocenters. The van der Waals surface area contributed by atoms with Crippen molar-refractivity contribution >= 4 is 11.8 Å². The number of aromatic nitrogens is 4. The normalized spacial score (nSPS) is 9.62. The molecular formula is C17H11N7. The summed E-state index contributed by atoms with van der Waals surface area (Å²) in [7, 11) is 0. The second-order valence-corrected chi connectivity index (χ2v) is 4.76. The van der Waals surface area contributed by atoms with E-state index in [9.17, 15) is 5.26 Å². The molecule has 2 heterocycles. The molecule has 1 aromatic carbocycles. The third kappa shape index (κ3) is 3.11. The first-order chi connectivity index (χ1) is 11.7. The van der Waals surface area contributed by atoms with Gasteiger partial charge >= 0.3 is 0 Å². The fourth-order valence-corrected chi connectivity index (χ4v) is 2.03. The zero-order valence-electron chi connectivity index (χ0n) is 12.4. The predicted octanol–water partition coefficient (Wildman–Crippen LogP) is 1.37. The first kappa shape index (κ1) is 14.9. The van der Waals surface area contributed by atoms with Crippen LogP contribution in [0.25, 0.3) is 11.3 Å². The number of nitriles is 1. The lowest BCUT2D eigenvalue weighted by atomic mass is 10.1. The summed E-state index contributed by atoms with van der Waals surface area (Å²) in [5.41, 5.74) is 14.2. The van der Waals surface area contributed by atoms with E-state index in [2.05, 4.69) is 31.8 Å². The first-order valence-electron chi connectivity index (χ1n) is 6.88. The molecule has 3 aromatic rings. The van der Waals surface area contributed by atoms with Gasteiger partial charge in [-0.15, -0.1) is 0 Å². The maximum absolute atomic E-state index is 9.23. The molecule has 4 N–H and O–H groups in total. The van der Waals surface area contributed by atoms with E-state index in [0.29, 0.717) is 11.3 Å². The van der Waals surface area contributed by atoms with Crippen LogP contribution in [0.2, 0.25) is 0 Å². The summed E-state index contributed by atoms with van der Waals surface area (Å²) in [6.07, 6.45) is 4.73. The lowest BCUT2D eigenvalue weighted by molar-refractivity contribution is 1.16. The van der Waals surface area contributed by atoms with Gasteiger partial charge in [-0.05, 0) is 12.1 Å². The molecule has 0 saturated heterocycles. The standard InChI is InChI=1S/C17H11N7/c18-7-14-15(23-17(20)24-16(14)19)13-5-3-11(4-6-13)1-2-12-8-21-10-22-9-12/h3-6,8-10H,(H4,19,20,23,24). The van der Waals surface area contributed by atoms with Gasteiger partial charge in [-0.25, -0.2) is 15.0 Å². The largest absolute Gasteiger partial charge is 0.382 e. The molecule has 0 aliphatic heterocycles. The van der Waals surface area contributed by atoms with Crippen LogP contribution in [0.4, 0.5) is 11.8 Å². The van der Waals surface area contributed by atoms with Crippen molar-refractivity contribution < 1.29 is 0 Å². The zero-order chi connectivity index (χ0) is 16.9. The highest BCUT2D eigenvalue weighted by Gasteiger charge is 2.12. The van der Waals surface area contributed by atoms with Crippen molar-refractivity contribution in [2.24, 2.45) is 0 Å². The number of benzene rings is 1. The van der Waals surface area contributed by atoms with Gasteiger partial charge < -0.3 is 11.5 Å². The van der Waals surface area contributed by atoms with Crippen LogP contribution >= 0.6 is 0 Å². The summed E-state index contributed by atoms with van der Waals surface area (Å²) in [6.45, 7) is 0. The molecule has 2 aromatic heterocycles. The van der Waals surface area contributed by atoms with E-state index < -0.39 is 0 Å². The topological polar surface area (TPSA) is 127 Å². The Morgan fingerprint density at radius 1 is 0.875 bits per heavy atom. The van der Waals surface area contributed by atoms with E-state index in [1.54, 1.807) is 24.5 Å². The number of nitrogen functional groups attached to an aromatic ring is 2. The van der Waals surface area contributed by atoms with Crippen LogP contribution in [-0.4, -0.2) is 19.9 Å². The fourth-order valence-electron chi connectivity index (χ4n) is 2.03. The quantitative estimate of drug-likeness (QED) is 0.649. The zero-order valence-corrected chi connectivity index (χ0v) is 12.4. The van der Waals surface area contributed by atoms with Gasteiger partial charge in [-0.3, -0.25) is 0 Å². The molecule has 0 bridgehead atoms. The second kappa shape index (κ2) is 6.42. The van der Waals surface area contributed by atoms with Crippen molar-refractivity contribution in [1.29, 1.82) is 5.26 Å². The Balaban J connectivity index is 1.94. The lowest BCUT2D eigenvalue weighted by Gasteiger charge is -2.06. The molecule has 0 atom stereocenters. The van der Waals surface area contributed by atoms with Crippen LogP contribution in [-0.2, 0) is 0 Å². The van der Waals surface area contributed by atoms with Gasteiger partial charge in [0.2, 0.25) is 5.95 Å². The Kier molecular flexibility index (Phi) is 4.00. The molecule has 3 rings (SSSR count). The van der Waals surface area contributed by atoms with Crippen LogP contribution in [0.5, 0.6) is 0 Å². The van der Waals surface area contributed by atoms with E-state index in [1.165, 1.54) is 6.33 Å². The van der Waals surface area contributed by atoms with Crippen LogP contribution in [0.15, 0.2) is 43.0 Å². The Hall–Kier alpha value is -3.97. The van der Waals surface area contributed by atoms with Gasteiger partial charge in [0, 0.05) is 23.5 Å². The maximum Gasteiger partial charge on any atom is 0.222 e. The molecule has 0 saturated carbocycles. The first-order valence-corrected chi connectivity index (χ1v) is 6.88. The van der Waals surface area contributed by atoms with Crippen LogP contribution in [0.3, 0.4) is 0 Å². The Morgan fingerprint density at radius 3 is 2.21 bits per heavy atom. The summed E-state index contributed by atoms with van der Waals surface area (Å²) >= 11 is 0. The predicted molar refractivity (Wildman–Crippen MR) is 89.0 cm³/mol. The van der Waals surface area contributed by atoms with Gasteiger partial charge in [-0.1, -0.05) is 24.0 Å². The highest BCUT2D eigenvalue weighted by atomic mass is 15.0. The van der Waals surface area contributed by atoms with Gasteiger partial charge in [0.15, 0.2) is 0 Å². The van der Waals surface area contributed by atoms with Crippen molar-refractivity contribution in [3.05, 3.63) is 59.7 Å². The molecule has 0 radical (unpaired) electrons.